The second-order valence-electron chi connectivity index (χ2n) is 12.2. The number of rotatable bonds is 7. The van der Waals surface area contributed by atoms with Gasteiger partial charge in [0.15, 0.2) is 0 Å². The van der Waals surface area contributed by atoms with Crippen molar-refractivity contribution in [1.82, 2.24) is 14.4 Å². The van der Waals surface area contributed by atoms with Crippen LogP contribution in [0.25, 0.3) is 11.1 Å². The number of aromatic nitrogens is 1. The summed E-state index contributed by atoms with van der Waals surface area (Å²) in [5.74, 6) is 0.0180. The highest BCUT2D eigenvalue weighted by Crippen LogP contribution is 2.51. The van der Waals surface area contributed by atoms with Crippen LogP contribution in [0.15, 0.2) is 77.7 Å². The zero-order valence-electron chi connectivity index (χ0n) is 24.4. The largest absolute Gasteiger partial charge is 0.387 e. The van der Waals surface area contributed by atoms with E-state index in [0.717, 1.165) is 36.8 Å². The third-order valence-corrected chi connectivity index (χ3v) is 9.32. The van der Waals surface area contributed by atoms with Gasteiger partial charge in [-0.25, -0.2) is 0 Å². The molecule has 1 saturated heterocycles. The molecule has 2 atom stereocenters. The Kier molecular flexibility index (Phi) is 8.18. The number of aliphatic hydroxyl groups is 1. The lowest BCUT2D eigenvalue weighted by atomic mass is 9.65. The molecule has 1 spiro atoms. The molecule has 2 amide bonds. The van der Waals surface area contributed by atoms with Crippen molar-refractivity contribution in [2.75, 3.05) is 27.2 Å². The fourth-order valence-corrected chi connectivity index (χ4v) is 6.85. The molecule has 2 aromatic carbocycles. The second kappa shape index (κ2) is 11.6. The molecule has 7 heteroatoms. The summed E-state index contributed by atoms with van der Waals surface area (Å²) in [5, 5.41) is 12.3. The molecule has 1 aliphatic carbocycles. The van der Waals surface area contributed by atoms with E-state index in [2.05, 4.69) is 19.1 Å². The molecule has 1 saturated carbocycles. The number of pyridine rings is 1. The highest BCUT2D eigenvalue weighted by Gasteiger charge is 2.55. The van der Waals surface area contributed by atoms with Gasteiger partial charge in [-0.05, 0) is 36.3 Å². The van der Waals surface area contributed by atoms with Gasteiger partial charge in [0.05, 0.1) is 17.7 Å². The summed E-state index contributed by atoms with van der Waals surface area (Å²) in [4.78, 5) is 43.6. The highest BCUT2D eigenvalue weighted by molar-refractivity contribution is 6.00. The van der Waals surface area contributed by atoms with E-state index in [1.54, 1.807) is 20.3 Å². The van der Waals surface area contributed by atoms with Crippen LogP contribution in [0.2, 0.25) is 0 Å². The summed E-state index contributed by atoms with van der Waals surface area (Å²) in [6, 6.07) is 21.0. The highest BCUT2D eigenvalue weighted by atomic mass is 16.3. The Morgan fingerprint density at radius 1 is 0.976 bits per heavy atom. The molecule has 5 rings (SSSR count). The number of benzene rings is 2. The first-order valence-electron chi connectivity index (χ1n) is 14.7. The van der Waals surface area contributed by atoms with Gasteiger partial charge in [0.1, 0.15) is 0 Å². The summed E-state index contributed by atoms with van der Waals surface area (Å²) in [7, 11) is 3.39. The normalized spacial score (nSPS) is 20.6. The van der Waals surface area contributed by atoms with E-state index in [0.29, 0.717) is 37.1 Å². The van der Waals surface area contributed by atoms with Gasteiger partial charge in [-0.3, -0.25) is 14.4 Å². The fraction of sp³-hybridized carbons (Fsp3) is 0.441. The molecule has 0 radical (unpaired) electrons. The molecule has 2 fully saturated rings. The Bertz CT molecular complexity index is 1440. The van der Waals surface area contributed by atoms with Crippen molar-refractivity contribution in [1.29, 1.82) is 0 Å². The van der Waals surface area contributed by atoms with Crippen molar-refractivity contribution >= 4 is 11.8 Å². The average Bonchev–Trinajstić information content (AvgIpc) is 3.46. The van der Waals surface area contributed by atoms with Crippen molar-refractivity contribution in [3.05, 3.63) is 94.4 Å². The summed E-state index contributed by atoms with van der Waals surface area (Å²) in [5.41, 5.74) is 1.04. The minimum absolute atomic E-state index is 0.0943. The molecule has 1 aliphatic heterocycles. The standard InChI is InChI=1S/C34H41N3O4/c1-25(26-12-6-4-7-13-26)20-30(38)36-19-18-34(41,33(23-36)16-10-11-17-33)24-37-22-29(32(40)35(2)3)28(21-31(37)39)27-14-8-5-9-15-27/h4-9,12-15,21-22,25,41H,10-11,16-20,23-24H2,1-3H3/t25-,34?/m0/s1. The molecule has 2 aliphatic rings. The minimum atomic E-state index is -1.16. The second-order valence-corrected chi connectivity index (χ2v) is 12.2. The first-order chi connectivity index (χ1) is 19.6. The van der Waals surface area contributed by atoms with Crippen LogP contribution >= 0.6 is 0 Å². The van der Waals surface area contributed by atoms with E-state index >= 15 is 0 Å². The van der Waals surface area contributed by atoms with Crippen LogP contribution in [0.1, 0.15) is 67.3 Å². The van der Waals surface area contributed by atoms with Crippen molar-refractivity contribution in [2.24, 2.45) is 5.41 Å². The number of nitrogens with zero attached hydrogens (tertiary/aromatic N) is 3. The van der Waals surface area contributed by atoms with Gasteiger partial charge in [0.2, 0.25) is 5.91 Å². The van der Waals surface area contributed by atoms with Crippen LogP contribution in [0.5, 0.6) is 0 Å². The number of hydrogen-bond donors (Lipinski definition) is 1. The third kappa shape index (κ3) is 5.73. The van der Waals surface area contributed by atoms with Gasteiger partial charge < -0.3 is 19.5 Å². The van der Waals surface area contributed by atoms with E-state index in [1.165, 1.54) is 15.5 Å². The predicted octanol–water partition coefficient (Wildman–Crippen LogP) is 4.93. The number of carbonyl (C=O) groups is 2. The lowest BCUT2D eigenvalue weighted by molar-refractivity contribution is -0.160. The van der Waals surface area contributed by atoms with E-state index in [-0.39, 0.29) is 29.8 Å². The maximum Gasteiger partial charge on any atom is 0.255 e. The van der Waals surface area contributed by atoms with Crippen LogP contribution in [0.3, 0.4) is 0 Å². The monoisotopic (exact) mass is 555 g/mol. The SMILES string of the molecule is C[C@@H](CC(=O)N1CCC(O)(Cn2cc(C(=O)N(C)C)c(-c3ccccc3)cc2=O)C2(CCCC2)C1)c1ccccc1. The fourth-order valence-electron chi connectivity index (χ4n) is 6.85. The van der Waals surface area contributed by atoms with Crippen molar-refractivity contribution in [2.45, 2.75) is 63.5 Å². The maximum atomic E-state index is 13.5. The molecule has 2 heterocycles. The van der Waals surface area contributed by atoms with Crippen molar-refractivity contribution in [3.8, 4) is 11.1 Å². The lowest BCUT2D eigenvalue weighted by Gasteiger charge is -2.52. The molecule has 1 aromatic heterocycles. The molecule has 0 bridgehead atoms. The summed E-state index contributed by atoms with van der Waals surface area (Å²) in [6.07, 6.45) is 6.02. The number of hydrogen-bond acceptors (Lipinski definition) is 4. The summed E-state index contributed by atoms with van der Waals surface area (Å²) >= 11 is 0. The van der Waals surface area contributed by atoms with Crippen LogP contribution < -0.4 is 5.56 Å². The van der Waals surface area contributed by atoms with E-state index in [4.69, 9.17) is 0 Å². The number of likely N-dealkylation sites (tertiary alicyclic amines) is 1. The molecule has 216 valence electrons. The van der Waals surface area contributed by atoms with Crippen LogP contribution in [0, 0.1) is 5.41 Å². The zero-order chi connectivity index (χ0) is 29.2. The van der Waals surface area contributed by atoms with Gasteiger partial charge in [0, 0.05) is 56.8 Å². The smallest absolute Gasteiger partial charge is 0.255 e. The molecule has 41 heavy (non-hydrogen) atoms. The Labute approximate surface area is 242 Å². The van der Waals surface area contributed by atoms with Crippen molar-refractivity contribution in [3.63, 3.8) is 0 Å². The van der Waals surface area contributed by atoms with Crippen LogP contribution in [-0.4, -0.2) is 64.1 Å². The van der Waals surface area contributed by atoms with Gasteiger partial charge in [-0.15, -0.1) is 0 Å². The first kappa shape index (κ1) is 28.8. The van der Waals surface area contributed by atoms with Gasteiger partial charge in [0.25, 0.3) is 11.5 Å². The summed E-state index contributed by atoms with van der Waals surface area (Å²) < 4.78 is 1.51. The Balaban J connectivity index is 1.42. The lowest BCUT2D eigenvalue weighted by Crippen LogP contribution is -2.62. The van der Waals surface area contributed by atoms with Gasteiger partial charge in [-0.1, -0.05) is 80.4 Å². The van der Waals surface area contributed by atoms with E-state index in [1.807, 2.05) is 53.4 Å². The average molecular weight is 556 g/mol. The molecular formula is C34H41N3O4. The van der Waals surface area contributed by atoms with Crippen molar-refractivity contribution < 1.29 is 14.7 Å². The zero-order valence-corrected chi connectivity index (χ0v) is 24.4. The topological polar surface area (TPSA) is 82.8 Å². The van der Waals surface area contributed by atoms with Crippen LogP contribution in [-0.2, 0) is 11.3 Å². The van der Waals surface area contributed by atoms with Crippen LogP contribution in [0.4, 0.5) is 0 Å². The molecule has 7 nitrogen and oxygen atoms in total. The number of piperidine rings is 1. The Morgan fingerprint density at radius 2 is 1.61 bits per heavy atom. The van der Waals surface area contributed by atoms with Gasteiger partial charge >= 0.3 is 0 Å². The molecule has 1 unspecified atom stereocenters. The summed E-state index contributed by atoms with van der Waals surface area (Å²) in [6.45, 7) is 3.11. The van der Waals surface area contributed by atoms with E-state index in [9.17, 15) is 19.5 Å². The van der Waals surface area contributed by atoms with E-state index < -0.39 is 11.0 Å². The molecular weight excluding hydrogens is 514 g/mol. The molecule has 3 aromatic rings. The number of amides is 2. The maximum absolute atomic E-state index is 13.5. The van der Waals surface area contributed by atoms with Gasteiger partial charge in [-0.2, -0.15) is 0 Å². The number of carbonyl (C=O) groups excluding carboxylic acids is 2. The molecule has 1 N–H and O–H groups in total. The Hall–Kier alpha value is -3.71. The predicted molar refractivity (Wildman–Crippen MR) is 161 cm³/mol. The quantitative estimate of drug-likeness (QED) is 0.448. The minimum Gasteiger partial charge on any atom is -0.387 e. The first-order valence-corrected chi connectivity index (χ1v) is 14.7. The third-order valence-electron chi connectivity index (χ3n) is 9.32. The Morgan fingerprint density at radius 3 is 2.24 bits per heavy atom.